The van der Waals surface area contributed by atoms with Crippen molar-refractivity contribution in [1.29, 1.82) is 0 Å². The summed E-state index contributed by atoms with van der Waals surface area (Å²) in [6, 6.07) is 15.8. The Hall–Kier alpha value is -3.10. The molecule has 1 aliphatic heterocycles. The molecular formula is C27H28F2N2O3S. The second kappa shape index (κ2) is 11.6. The highest BCUT2D eigenvalue weighted by Crippen LogP contribution is 2.21. The van der Waals surface area contributed by atoms with Gasteiger partial charge in [0.25, 0.3) is 5.91 Å². The quantitative estimate of drug-likeness (QED) is 0.408. The third kappa shape index (κ3) is 6.74. The normalized spacial score (nSPS) is 15.2. The van der Waals surface area contributed by atoms with Gasteiger partial charge in [-0.3, -0.25) is 9.59 Å². The molecule has 0 bridgehead atoms. The van der Waals surface area contributed by atoms with Gasteiger partial charge < -0.3 is 14.5 Å². The van der Waals surface area contributed by atoms with Crippen LogP contribution in [0.5, 0.6) is 0 Å². The molecule has 3 aromatic rings. The first-order valence-electron chi connectivity index (χ1n) is 11.6. The Kier molecular flexibility index (Phi) is 8.25. The highest BCUT2D eigenvalue weighted by Gasteiger charge is 2.28. The number of carbonyl (C=O) groups is 2. The van der Waals surface area contributed by atoms with E-state index in [9.17, 15) is 18.4 Å². The molecule has 0 N–H and O–H groups in total. The van der Waals surface area contributed by atoms with Gasteiger partial charge in [0, 0.05) is 29.5 Å². The van der Waals surface area contributed by atoms with E-state index in [-0.39, 0.29) is 43.0 Å². The Morgan fingerprint density at radius 3 is 2.43 bits per heavy atom. The number of rotatable bonds is 9. The molecule has 1 saturated heterocycles. The molecule has 4 rings (SSSR count). The number of halogens is 2. The molecule has 2 heterocycles. The predicted molar refractivity (Wildman–Crippen MR) is 131 cm³/mol. The van der Waals surface area contributed by atoms with Gasteiger partial charge in [0.15, 0.2) is 0 Å². The lowest BCUT2D eigenvalue weighted by molar-refractivity contribution is -0.133. The van der Waals surface area contributed by atoms with Gasteiger partial charge in [-0.1, -0.05) is 24.3 Å². The van der Waals surface area contributed by atoms with E-state index in [1.54, 1.807) is 34.4 Å². The van der Waals surface area contributed by atoms with E-state index in [4.69, 9.17) is 4.74 Å². The van der Waals surface area contributed by atoms with E-state index in [0.29, 0.717) is 13.2 Å². The molecule has 8 heteroatoms. The third-order valence-electron chi connectivity index (χ3n) is 5.95. The molecule has 1 fully saturated rings. The van der Waals surface area contributed by atoms with Crippen LogP contribution in [-0.2, 0) is 22.6 Å². The maximum atomic E-state index is 14.4. The Labute approximate surface area is 207 Å². The lowest BCUT2D eigenvalue weighted by Gasteiger charge is -2.29. The molecule has 0 spiro atoms. The molecule has 0 unspecified atom stereocenters. The lowest BCUT2D eigenvalue weighted by Crippen LogP contribution is -2.45. The number of ether oxygens (including phenoxy) is 1. The first-order chi connectivity index (χ1) is 16.9. The van der Waals surface area contributed by atoms with Crippen molar-refractivity contribution in [1.82, 2.24) is 9.80 Å². The van der Waals surface area contributed by atoms with Crippen LogP contribution in [0.15, 0.2) is 60.7 Å². The average molecular weight is 499 g/mol. The van der Waals surface area contributed by atoms with Crippen molar-refractivity contribution in [3.05, 3.63) is 93.2 Å². The molecule has 0 saturated carbocycles. The molecule has 0 radical (unpaired) electrons. The van der Waals surface area contributed by atoms with Crippen LogP contribution in [0, 0.1) is 18.6 Å². The van der Waals surface area contributed by atoms with Crippen LogP contribution < -0.4 is 0 Å². The number of benzene rings is 2. The van der Waals surface area contributed by atoms with Crippen LogP contribution in [0.25, 0.3) is 0 Å². The van der Waals surface area contributed by atoms with Crippen LogP contribution >= 0.6 is 11.3 Å². The molecule has 2 amide bonds. The van der Waals surface area contributed by atoms with Crippen molar-refractivity contribution in [3.8, 4) is 0 Å². The highest BCUT2D eigenvalue weighted by molar-refractivity contribution is 7.11. The van der Waals surface area contributed by atoms with E-state index >= 15 is 0 Å². The summed E-state index contributed by atoms with van der Waals surface area (Å²) in [5.74, 6) is -1.79. The standard InChI is InChI=1S/C27H28F2N2O3S/c1-19-8-13-23(35-19)17-30(15-20-9-11-21(28)12-10-20)26(32)18-31(16-22-5-4-14-34-22)27(33)24-6-2-3-7-25(24)29/h2-3,6-13,22H,4-5,14-18H2,1H3/t22-/m0/s1. The maximum absolute atomic E-state index is 14.4. The van der Waals surface area contributed by atoms with Gasteiger partial charge in [0.05, 0.1) is 18.2 Å². The number of aryl methyl sites for hydroxylation is 1. The molecule has 184 valence electrons. The number of thiophene rings is 1. The fraction of sp³-hybridized carbons (Fsp3) is 0.333. The van der Waals surface area contributed by atoms with Crippen LogP contribution in [0.1, 0.15) is 38.5 Å². The molecule has 1 aromatic heterocycles. The van der Waals surface area contributed by atoms with Crippen molar-refractivity contribution < 1.29 is 23.1 Å². The van der Waals surface area contributed by atoms with E-state index in [2.05, 4.69) is 0 Å². The van der Waals surface area contributed by atoms with E-state index < -0.39 is 11.7 Å². The Bertz CT molecular complexity index is 1160. The number of carbonyl (C=O) groups excluding carboxylic acids is 2. The molecule has 35 heavy (non-hydrogen) atoms. The summed E-state index contributed by atoms with van der Waals surface area (Å²) >= 11 is 1.59. The zero-order valence-electron chi connectivity index (χ0n) is 19.6. The second-order valence-electron chi connectivity index (χ2n) is 8.69. The van der Waals surface area contributed by atoms with Crippen molar-refractivity contribution in [2.75, 3.05) is 19.7 Å². The largest absolute Gasteiger partial charge is 0.376 e. The molecule has 0 aliphatic carbocycles. The summed E-state index contributed by atoms with van der Waals surface area (Å²) in [6.07, 6.45) is 1.47. The summed E-state index contributed by atoms with van der Waals surface area (Å²) < 4.78 is 33.5. The van der Waals surface area contributed by atoms with Gasteiger partial charge in [-0.25, -0.2) is 8.78 Å². The number of amides is 2. The first-order valence-corrected chi connectivity index (χ1v) is 12.4. The number of nitrogens with zero attached hydrogens (tertiary/aromatic N) is 2. The Balaban J connectivity index is 1.56. The first kappa shape index (κ1) is 25.0. The molecule has 5 nitrogen and oxygen atoms in total. The minimum atomic E-state index is -0.625. The summed E-state index contributed by atoms with van der Waals surface area (Å²) in [5.41, 5.74) is 0.705. The Morgan fingerprint density at radius 2 is 1.77 bits per heavy atom. The summed E-state index contributed by atoms with van der Waals surface area (Å²) in [6.45, 7) is 3.22. The number of hydrogen-bond donors (Lipinski definition) is 0. The van der Waals surface area contributed by atoms with E-state index in [1.165, 1.54) is 35.2 Å². The fourth-order valence-electron chi connectivity index (χ4n) is 4.12. The Morgan fingerprint density at radius 1 is 1.00 bits per heavy atom. The highest BCUT2D eigenvalue weighted by atomic mass is 32.1. The van der Waals surface area contributed by atoms with E-state index in [0.717, 1.165) is 28.2 Å². The fourth-order valence-corrected chi connectivity index (χ4v) is 5.03. The van der Waals surface area contributed by atoms with Crippen LogP contribution in [-0.4, -0.2) is 47.4 Å². The SMILES string of the molecule is Cc1ccc(CN(Cc2ccc(F)cc2)C(=O)CN(C[C@@H]2CCCO2)C(=O)c2ccccc2F)s1. The van der Waals surface area contributed by atoms with Crippen LogP contribution in [0.2, 0.25) is 0 Å². The van der Waals surface area contributed by atoms with Crippen LogP contribution in [0.4, 0.5) is 8.78 Å². The van der Waals surface area contributed by atoms with Gasteiger partial charge >= 0.3 is 0 Å². The van der Waals surface area contributed by atoms with Crippen molar-refractivity contribution in [3.63, 3.8) is 0 Å². The van der Waals surface area contributed by atoms with Gasteiger partial charge in [-0.15, -0.1) is 11.3 Å². The van der Waals surface area contributed by atoms with Gasteiger partial charge in [-0.05, 0) is 61.7 Å². The summed E-state index contributed by atoms with van der Waals surface area (Å²) in [7, 11) is 0. The topological polar surface area (TPSA) is 49.9 Å². The molecule has 1 aliphatic rings. The van der Waals surface area contributed by atoms with Gasteiger partial charge in [0.2, 0.25) is 5.91 Å². The zero-order chi connectivity index (χ0) is 24.8. The second-order valence-corrected chi connectivity index (χ2v) is 10.1. The summed E-state index contributed by atoms with van der Waals surface area (Å²) in [4.78, 5) is 32.0. The van der Waals surface area contributed by atoms with Gasteiger partial charge in [-0.2, -0.15) is 0 Å². The molecule has 2 aromatic carbocycles. The predicted octanol–water partition coefficient (Wildman–Crippen LogP) is 5.18. The monoisotopic (exact) mass is 498 g/mol. The third-order valence-corrected chi connectivity index (χ3v) is 6.93. The van der Waals surface area contributed by atoms with Gasteiger partial charge in [0.1, 0.15) is 18.2 Å². The van der Waals surface area contributed by atoms with Crippen LogP contribution in [0.3, 0.4) is 0 Å². The smallest absolute Gasteiger partial charge is 0.257 e. The van der Waals surface area contributed by atoms with Crippen molar-refractivity contribution >= 4 is 23.2 Å². The van der Waals surface area contributed by atoms with E-state index in [1.807, 2.05) is 19.1 Å². The minimum absolute atomic E-state index is 0.0720. The maximum Gasteiger partial charge on any atom is 0.257 e. The summed E-state index contributed by atoms with van der Waals surface area (Å²) in [5, 5.41) is 0. The molecule has 1 atom stereocenters. The van der Waals surface area contributed by atoms with Crippen molar-refractivity contribution in [2.24, 2.45) is 0 Å². The minimum Gasteiger partial charge on any atom is -0.376 e. The molecular weight excluding hydrogens is 470 g/mol. The number of hydrogen-bond acceptors (Lipinski definition) is 4. The zero-order valence-corrected chi connectivity index (χ0v) is 20.4. The lowest BCUT2D eigenvalue weighted by atomic mass is 10.1. The van der Waals surface area contributed by atoms with Crippen molar-refractivity contribution in [2.45, 2.75) is 39.0 Å². The average Bonchev–Trinajstić information content (AvgIpc) is 3.51.